The fourth-order valence-corrected chi connectivity index (χ4v) is 1.07. The van der Waals surface area contributed by atoms with Gasteiger partial charge in [-0.05, 0) is 6.07 Å². The molecule has 0 saturated carbocycles. The normalized spacial score (nSPS) is 13.1. The third-order valence-corrected chi connectivity index (χ3v) is 1.69. The van der Waals surface area contributed by atoms with E-state index in [1.807, 2.05) is 0 Å². The zero-order valence-electron chi connectivity index (χ0n) is 7.25. The SMILES string of the molecule is O=C=NC(c1ccccc1F)C(F)(F)F. The van der Waals surface area contributed by atoms with Gasteiger partial charge in [-0.15, -0.1) is 0 Å². The second-order valence-corrected chi connectivity index (χ2v) is 2.69. The zero-order chi connectivity index (χ0) is 11.5. The summed E-state index contributed by atoms with van der Waals surface area (Å²) in [6.07, 6.45) is -4.02. The first kappa shape index (κ1) is 11.4. The Morgan fingerprint density at radius 1 is 1.27 bits per heavy atom. The molecule has 80 valence electrons. The van der Waals surface area contributed by atoms with Gasteiger partial charge < -0.3 is 0 Å². The molecule has 1 aromatic rings. The van der Waals surface area contributed by atoms with E-state index in [1.165, 1.54) is 12.1 Å². The maximum Gasteiger partial charge on any atom is 0.415 e. The summed E-state index contributed by atoms with van der Waals surface area (Å²) in [6, 6.07) is 1.79. The van der Waals surface area contributed by atoms with E-state index in [-0.39, 0.29) is 0 Å². The molecule has 0 heterocycles. The van der Waals surface area contributed by atoms with Gasteiger partial charge in [0, 0.05) is 5.56 Å². The third kappa shape index (κ3) is 2.63. The van der Waals surface area contributed by atoms with E-state index in [2.05, 4.69) is 4.99 Å². The number of aliphatic imine (C=N–C) groups is 1. The summed E-state index contributed by atoms with van der Waals surface area (Å²) in [7, 11) is 0. The van der Waals surface area contributed by atoms with Gasteiger partial charge in [-0.2, -0.15) is 18.2 Å². The van der Waals surface area contributed by atoms with Crippen molar-refractivity contribution in [3.8, 4) is 0 Å². The van der Waals surface area contributed by atoms with Crippen molar-refractivity contribution in [3.63, 3.8) is 0 Å². The lowest BCUT2D eigenvalue weighted by molar-refractivity contribution is -0.149. The second kappa shape index (κ2) is 4.23. The minimum absolute atomic E-state index is 0.687. The zero-order valence-corrected chi connectivity index (χ0v) is 7.25. The lowest BCUT2D eigenvalue weighted by Crippen LogP contribution is -2.20. The van der Waals surface area contributed by atoms with E-state index >= 15 is 0 Å². The Labute approximate surface area is 82.2 Å². The predicted octanol–water partition coefficient (Wildman–Crippen LogP) is 2.76. The highest BCUT2D eigenvalue weighted by molar-refractivity contribution is 5.36. The van der Waals surface area contributed by atoms with E-state index in [1.54, 1.807) is 0 Å². The van der Waals surface area contributed by atoms with Crippen molar-refractivity contribution in [1.29, 1.82) is 0 Å². The van der Waals surface area contributed by atoms with Gasteiger partial charge in [0.25, 0.3) is 0 Å². The molecule has 0 spiro atoms. The van der Waals surface area contributed by atoms with Gasteiger partial charge in [0.05, 0.1) is 0 Å². The summed E-state index contributed by atoms with van der Waals surface area (Å²) < 4.78 is 50.0. The molecule has 0 N–H and O–H groups in total. The van der Waals surface area contributed by atoms with Crippen LogP contribution in [-0.2, 0) is 4.79 Å². The van der Waals surface area contributed by atoms with Gasteiger partial charge in [-0.3, -0.25) is 0 Å². The van der Waals surface area contributed by atoms with Crippen molar-refractivity contribution < 1.29 is 22.4 Å². The van der Waals surface area contributed by atoms with E-state index in [4.69, 9.17) is 0 Å². The fourth-order valence-electron chi connectivity index (χ4n) is 1.07. The van der Waals surface area contributed by atoms with Crippen molar-refractivity contribution in [1.82, 2.24) is 0 Å². The molecule has 0 radical (unpaired) electrons. The number of carbonyl (C=O) groups excluding carboxylic acids is 1. The van der Waals surface area contributed by atoms with Crippen molar-refractivity contribution in [2.24, 2.45) is 4.99 Å². The highest BCUT2D eigenvalue weighted by Crippen LogP contribution is 2.36. The lowest BCUT2D eigenvalue weighted by atomic mass is 10.1. The molecule has 0 saturated heterocycles. The Bertz CT molecular complexity index is 395. The Morgan fingerprint density at radius 3 is 2.33 bits per heavy atom. The molecule has 0 aliphatic heterocycles. The number of rotatable bonds is 2. The van der Waals surface area contributed by atoms with Crippen LogP contribution in [0.25, 0.3) is 0 Å². The summed E-state index contributed by atoms with van der Waals surface area (Å²) in [6.45, 7) is 0. The molecule has 2 nitrogen and oxygen atoms in total. The van der Waals surface area contributed by atoms with Gasteiger partial charge in [-0.25, -0.2) is 9.18 Å². The van der Waals surface area contributed by atoms with E-state index in [0.29, 0.717) is 0 Å². The minimum Gasteiger partial charge on any atom is -0.211 e. The largest absolute Gasteiger partial charge is 0.415 e. The molecule has 1 unspecified atom stereocenters. The molecular formula is C9H5F4NO. The minimum atomic E-state index is -4.81. The number of halogens is 4. The van der Waals surface area contributed by atoms with Crippen LogP contribution in [0.2, 0.25) is 0 Å². The van der Waals surface area contributed by atoms with Gasteiger partial charge in [0.15, 0.2) is 6.04 Å². The second-order valence-electron chi connectivity index (χ2n) is 2.69. The quantitative estimate of drug-likeness (QED) is 0.427. The molecule has 0 fully saturated rings. The van der Waals surface area contributed by atoms with Crippen LogP contribution >= 0.6 is 0 Å². The van der Waals surface area contributed by atoms with E-state index < -0.39 is 23.6 Å². The molecule has 15 heavy (non-hydrogen) atoms. The highest BCUT2D eigenvalue weighted by Gasteiger charge is 2.42. The molecule has 0 aliphatic carbocycles. The van der Waals surface area contributed by atoms with E-state index in [9.17, 15) is 22.4 Å². The maximum atomic E-state index is 13.0. The predicted molar refractivity (Wildman–Crippen MR) is 43.3 cm³/mol. The van der Waals surface area contributed by atoms with Crippen molar-refractivity contribution in [3.05, 3.63) is 35.6 Å². The number of isocyanates is 1. The van der Waals surface area contributed by atoms with Crippen LogP contribution in [0, 0.1) is 5.82 Å². The number of hydrogen-bond acceptors (Lipinski definition) is 2. The van der Waals surface area contributed by atoms with Crippen LogP contribution in [0.4, 0.5) is 17.6 Å². The van der Waals surface area contributed by atoms with Crippen LogP contribution in [0.3, 0.4) is 0 Å². The average Bonchev–Trinajstić information content (AvgIpc) is 2.14. The van der Waals surface area contributed by atoms with Crippen molar-refractivity contribution in [2.75, 3.05) is 0 Å². The lowest BCUT2D eigenvalue weighted by Gasteiger charge is -2.15. The number of nitrogens with zero attached hydrogens (tertiary/aromatic N) is 1. The molecule has 0 aromatic heterocycles. The van der Waals surface area contributed by atoms with Crippen LogP contribution in [0.15, 0.2) is 29.3 Å². The van der Waals surface area contributed by atoms with Crippen LogP contribution in [0.5, 0.6) is 0 Å². The molecule has 0 amide bonds. The fraction of sp³-hybridized carbons (Fsp3) is 0.222. The summed E-state index contributed by atoms with van der Waals surface area (Å²) in [5.41, 5.74) is -0.687. The molecule has 1 rings (SSSR count). The maximum absolute atomic E-state index is 13.0. The highest BCUT2D eigenvalue weighted by atomic mass is 19.4. The van der Waals surface area contributed by atoms with E-state index in [0.717, 1.165) is 18.2 Å². The van der Waals surface area contributed by atoms with Gasteiger partial charge in [-0.1, -0.05) is 18.2 Å². The number of alkyl halides is 3. The first-order valence-electron chi connectivity index (χ1n) is 3.85. The summed E-state index contributed by atoms with van der Waals surface area (Å²) in [5, 5.41) is 0. The summed E-state index contributed by atoms with van der Waals surface area (Å²) >= 11 is 0. The first-order chi connectivity index (χ1) is 6.96. The first-order valence-corrected chi connectivity index (χ1v) is 3.85. The van der Waals surface area contributed by atoms with Crippen LogP contribution in [-0.4, -0.2) is 12.3 Å². The van der Waals surface area contributed by atoms with Crippen molar-refractivity contribution in [2.45, 2.75) is 12.2 Å². The molecule has 1 aromatic carbocycles. The summed E-state index contributed by atoms with van der Waals surface area (Å²) in [4.78, 5) is 12.4. The van der Waals surface area contributed by atoms with Crippen molar-refractivity contribution >= 4 is 6.08 Å². The monoisotopic (exact) mass is 219 g/mol. The summed E-state index contributed by atoms with van der Waals surface area (Å²) in [5.74, 6) is -1.06. The van der Waals surface area contributed by atoms with Gasteiger partial charge in [0.2, 0.25) is 6.08 Å². The van der Waals surface area contributed by atoms with Crippen LogP contribution < -0.4 is 0 Å². The third-order valence-electron chi connectivity index (χ3n) is 1.69. The smallest absolute Gasteiger partial charge is 0.211 e. The molecular weight excluding hydrogens is 214 g/mol. The average molecular weight is 219 g/mol. The topological polar surface area (TPSA) is 29.4 Å². The molecule has 0 aliphatic rings. The molecule has 6 heteroatoms. The Hall–Kier alpha value is -1.68. The standard InChI is InChI=1S/C9H5F4NO/c10-7-4-2-1-3-6(7)8(14-5-15)9(11,12)13/h1-4,8H. The van der Waals surface area contributed by atoms with Crippen LogP contribution in [0.1, 0.15) is 11.6 Å². The molecule has 0 bridgehead atoms. The Balaban J connectivity index is 3.22. The molecule has 1 atom stereocenters. The number of benzene rings is 1. The number of hydrogen-bond donors (Lipinski definition) is 0. The van der Waals surface area contributed by atoms with Gasteiger partial charge >= 0.3 is 6.18 Å². The van der Waals surface area contributed by atoms with Gasteiger partial charge in [0.1, 0.15) is 5.82 Å². The Kier molecular flexibility index (Phi) is 3.21. The Morgan fingerprint density at radius 2 is 1.87 bits per heavy atom.